The summed E-state index contributed by atoms with van der Waals surface area (Å²) in [6.07, 6.45) is 1.91. The van der Waals surface area contributed by atoms with Crippen LogP contribution in [0.4, 0.5) is 5.69 Å². The first-order valence-electron chi connectivity index (χ1n) is 10.8. The number of likely N-dealkylation sites (N-methyl/N-ethyl adjacent to an activating group) is 1. The minimum Gasteiger partial charge on any atom is -0.344 e. The van der Waals surface area contributed by atoms with Gasteiger partial charge in [-0.05, 0) is 43.7 Å². The summed E-state index contributed by atoms with van der Waals surface area (Å²) in [5.74, 6) is 0.0545. The van der Waals surface area contributed by atoms with Gasteiger partial charge in [-0.3, -0.25) is 14.5 Å². The fraction of sp³-hybridized carbons (Fsp3) is 0.417. The third-order valence-electron chi connectivity index (χ3n) is 5.88. The zero-order valence-electron chi connectivity index (χ0n) is 17.5. The van der Waals surface area contributed by atoms with Crippen LogP contribution in [0.25, 0.3) is 0 Å². The topological polar surface area (TPSA) is 64.7 Å². The van der Waals surface area contributed by atoms with Gasteiger partial charge in [0, 0.05) is 49.9 Å². The maximum Gasteiger partial charge on any atom is 0.251 e. The molecule has 2 N–H and O–H groups in total. The highest BCUT2D eigenvalue weighted by Crippen LogP contribution is 2.30. The van der Waals surface area contributed by atoms with Crippen molar-refractivity contribution in [3.05, 3.63) is 65.7 Å². The van der Waals surface area contributed by atoms with Crippen LogP contribution in [0.15, 0.2) is 54.6 Å². The van der Waals surface area contributed by atoms with Crippen molar-refractivity contribution in [1.29, 1.82) is 0 Å². The molecule has 0 aromatic heterocycles. The Balaban J connectivity index is 1.45. The third-order valence-corrected chi connectivity index (χ3v) is 5.88. The smallest absolute Gasteiger partial charge is 0.251 e. The van der Waals surface area contributed by atoms with E-state index in [-0.39, 0.29) is 23.8 Å². The molecule has 1 heterocycles. The lowest BCUT2D eigenvalue weighted by Crippen LogP contribution is -2.47. The van der Waals surface area contributed by atoms with Crippen molar-refractivity contribution in [2.45, 2.75) is 18.9 Å². The van der Waals surface area contributed by atoms with Crippen LogP contribution in [0.3, 0.4) is 0 Å². The van der Waals surface area contributed by atoms with Gasteiger partial charge >= 0.3 is 0 Å². The Morgan fingerprint density at radius 1 is 1.00 bits per heavy atom. The monoisotopic (exact) mass is 406 g/mol. The van der Waals surface area contributed by atoms with E-state index in [4.69, 9.17) is 0 Å². The molecule has 158 valence electrons. The quantitative estimate of drug-likeness (QED) is 0.742. The molecule has 2 fully saturated rings. The minimum atomic E-state index is -0.125. The highest BCUT2D eigenvalue weighted by atomic mass is 16.2. The molecule has 6 heteroatoms. The van der Waals surface area contributed by atoms with Gasteiger partial charge in [-0.25, -0.2) is 0 Å². The van der Waals surface area contributed by atoms with Crippen LogP contribution in [-0.4, -0.2) is 61.4 Å². The van der Waals surface area contributed by atoms with Gasteiger partial charge in [-0.1, -0.05) is 36.4 Å². The first kappa shape index (κ1) is 20.6. The van der Waals surface area contributed by atoms with E-state index in [1.807, 2.05) is 30.3 Å². The van der Waals surface area contributed by atoms with Crippen molar-refractivity contribution < 1.29 is 9.59 Å². The number of amides is 2. The number of hydrogen-bond acceptors (Lipinski definition) is 4. The molecule has 2 aromatic carbocycles. The average Bonchev–Trinajstić information content (AvgIpc) is 3.61. The van der Waals surface area contributed by atoms with Crippen molar-refractivity contribution in [3.8, 4) is 0 Å². The fourth-order valence-corrected chi connectivity index (χ4v) is 3.78. The Labute approximate surface area is 178 Å². The summed E-state index contributed by atoms with van der Waals surface area (Å²) >= 11 is 0. The molecule has 1 saturated heterocycles. The lowest BCUT2D eigenvalue weighted by atomic mass is 10.0. The van der Waals surface area contributed by atoms with E-state index in [9.17, 15) is 9.59 Å². The number of piperazine rings is 1. The highest BCUT2D eigenvalue weighted by Gasteiger charge is 2.29. The van der Waals surface area contributed by atoms with E-state index in [2.05, 4.69) is 39.6 Å². The molecule has 2 aliphatic rings. The maximum atomic E-state index is 13.1. The van der Waals surface area contributed by atoms with Gasteiger partial charge in [-0.2, -0.15) is 0 Å². The van der Waals surface area contributed by atoms with Crippen LogP contribution in [0, 0.1) is 5.92 Å². The largest absolute Gasteiger partial charge is 0.344 e. The summed E-state index contributed by atoms with van der Waals surface area (Å²) in [5, 5.41) is 6.14. The van der Waals surface area contributed by atoms with Gasteiger partial charge in [0.25, 0.3) is 5.91 Å². The van der Waals surface area contributed by atoms with E-state index >= 15 is 0 Å². The molecule has 2 aromatic rings. The predicted octanol–water partition coefficient (Wildman–Crippen LogP) is 2.75. The Morgan fingerprint density at radius 2 is 1.73 bits per heavy atom. The zero-order chi connectivity index (χ0) is 20.9. The van der Waals surface area contributed by atoms with Crippen molar-refractivity contribution in [2.24, 2.45) is 5.92 Å². The van der Waals surface area contributed by atoms with Gasteiger partial charge in [0.2, 0.25) is 5.91 Å². The first-order valence-corrected chi connectivity index (χ1v) is 10.8. The Kier molecular flexibility index (Phi) is 6.45. The number of nitrogens with one attached hydrogen (secondary N) is 2. The van der Waals surface area contributed by atoms with Crippen molar-refractivity contribution in [2.75, 3.05) is 45.1 Å². The van der Waals surface area contributed by atoms with Crippen LogP contribution in [0.2, 0.25) is 0 Å². The summed E-state index contributed by atoms with van der Waals surface area (Å²) in [6.45, 7) is 4.86. The number of carbonyl (C=O) groups is 2. The summed E-state index contributed by atoms with van der Waals surface area (Å²) in [6, 6.07) is 17.2. The Morgan fingerprint density at radius 3 is 2.43 bits per heavy atom. The molecular weight excluding hydrogens is 376 g/mol. The molecule has 4 rings (SSSR count). The van der Waals surface area contributed by atoms with Crippen LogP contribution in [-0.2, 0) is 4.79 Å². The molecule has 2 amide bonds. The molecule has 0 radical (unpaired) electrons. The highest BCUT2D eigenvalue weighted by molar-refractivity contribution is 5.98. The minimum absolute atomic E-state index is 0.0461. The molecule has 6 nitrogen and oxygen atoms in total. The van der Waals surface area contributed by atoms with Crippen LogP contribution >= 0.6 is 0 Å². The van der Waals surface area contributed by atoms with Crippen LogP contribution in [0.1, 0.15) is 34.8 Å². The molecule has 1 aliphatic carbocycles. The number of carbonyl (C=O) groups excluding carboxylic acids is 2. The fourth-order valence-electron chi connectivity index (χ4n) is 3.78. The lowest BCUT2D eigenvalue weighted by molar-refractivity contribution is -0.117. The SMILES string of the molecule is CN1CCN(CC(NC(=O)c2cccc(NC(=O)C3CC3)c2)c2ccccc2)CC1. The first-order chi connectivity index (χ1) is 14.6. The van der Waals surface area contributed by atoms with Crippen molar-refractivity contribution >= 4 is 17.5 Å². The van der Waals surface area contributed by atoms with Gasteiger partial charge in [-0.15, -0.1) is 0 Å². The summed E-state index contributed by atoms with van der Waals surface area (Å²) in [4.78, 5) is 29.8. The average molecular weight is 407 g/mol. The molecule has 1 unspecified atom stereocenters. The van der Waals surface area contributed by atoms with E-state index in [1.54, 1.807) is 12.1 Å². The number of benzene rings is 2. The molecule has 0 bridgehead atoms. The lowest BCUT2D eigenvalue weighted by Gasteiger charge is -2.35. The van der Waals surface area contributed by atoms with E-state index in [0.717, 1.165) is 51.1 Å². The second-order valence-corrected chi connectivity index (χ2v) is 8.38. The van der Waals surface area contributed by atoms with Crippen molar-refractivity contribution in [3.63, 3.8) is 0 Å². The zero-order valence-corrected chi connectivity index (χ0v) is 17.5. The van der Waals surface area contributed by atoms with Gasteiger partial charge in [0.1, 0.15) is 0 Å². The number of rotatable bonds is 7. The number of anilines is 1. The molecule has 0 spiro atoms. The predicted molar refractivity (Wildman–Crippen MR) is 118 cm³/mol. The second kappa shape index (κ2) is 9.41. The van der Waals surface area contributed by atoms with E-state index < -0.39 is 0 Å². The van der Waals surface area contributed by atoms with Crippen LogP contribution in [0.5, 0.6) is 0 Å². The van der Waals surface area contributed by atoms with Crippen LogP contribution < -0.4 is 10.6 Å². The maximum absolute atomic E-state index is 13.1. The molecule has 1 aliphatic heterocycles. The van der Waals surface area contributed by atoms with E-state index in [0.29, 0.717) is 11.3 Å². The summed E-state index contributed by atoms with van der Waals surface area (Å²) in [5.41, 5.74) is 2.33. The standard InChI is InChI=1S/C24H30N4O2/c1-27-12-14-28(15-13-27)17-22(18-6-3-2-4-7-18)26-24(30)20-8-5-9-21(16-20)25-23(29)19-10-11-19/h2-9,16,19,22H,10-15,17H2,1H3,(H,25,29)(H,26,30). The van der Waals surface area contributed by atoms with Crippen molar-refractivity contribution in [1.82, 2.24) is 15.1 Å². The second-order valence-electron chi connectivity index (χ2n) is 8.38. The summed E-state index contributed by atoms with van der Waals surface area (Å²) in [7, 11) is 2.14. The molecule has 1 atom stereocenters. The third kappa shape index (κ3) is 5.46. The summed E-state index contributed by atoms with van der Waals surface area (Å²) < 4.78 is 0. The molecule has 1 saturated carbocycles. The molecular formula is C24H30N4O2. The number of hydrogen-bond donors (Lipinski definition) is 2. The van der Waals surface area contributed by atoms with Gasteiger partial charge in [0.05, 0.1) is 6.04 Å². The van der Waals surface area contributed by atoms with Gasteiger partial charge in [0.15, 0.2) is 0 Å². The van der Waals surface area contributed by atoms with Gasteiger partial charge < -0.3 is 15.5 Å². The number of nitrogens with zero attached hydrogens (tertiary/aromatic N) is 2. The normalized spacial score (nSPS) is 18.6. The Hall–Kier alpha value is -2.70. The molecule has 30 heavy (non-hydrogen) atoms. The van der Waals surface area contributed by atoms with E-state index in [1.165, 1.54) is 0 Å². The Bertz CT molecular complexity index is 874.